The standard InChI is InChI=1S/C12H17N4OS.C2H3NO2.C2H4O2.Zn/c1-8-11(3-4-17)18-7-16(8)6-10-5-14-9(2)15-12(10)13;3-1-2(4)5;1-2(3)4;/h5,7,17H,3-4,6H2,1-2H3,(H2,13,14,15);1,3H,(H,4,5);1H3,(H,3,4);/q+1;-1;;. The van der Waals surface area contributed by atoms with Crippen molar-refractivity contribution < 1.29 is 49.0 Å². The van der Waals surface area contributed by atoms with Crippen LogP contribution < -0.4 is 10.3 Å². The molecule has 2 rings (SSSR count). The summed E-state index contributed by atoms with van der Waals surface area (Å²) in [4.78, 5) is 27.7. The van der Waals surface area contributed by atoms with Crippen molar-refractivity contribution in [2.24, 2.45) is 0 Å². The third-order valence-electron chi connectivity index (χ3n) is 2.98. The van der Waals surface area contributed by atoms with Crippen molar-refractivity contribution in [3.05, 3.63) is 45.9 Å². The fourth-order valence-corrected chi connectivity index (χ4v) is 2.75. The van der Waals surface area contributed by atoms with Gasteiger partial charge in [0.05, 0.1) is 10.4 Å². The fraction of sp³-hybridized carbons (Fsp3) is 0.375. The summed E-state index contributed by atoms with van der Waals surface area (Å²) in [7, 11) is 0. The number of carbonyl (C=O) groups is 2. The van der Waals surface area contributed by atoms with E-state index in [1.165, 1.54) is 4.88 Å². The quantitative estimate of drug-likeness (QED) is 0.374. The molecular formula is C16H24N5O5SZn. The molecule has 2 aromatic rings. The Bertz CT molecular complexity index is 753. The maximum absolute atomic E-state index is 9.12. The van der Waals surface area contributed by atoms with Crippen molar-refractivity contribution in [1.29, 1.82) is 0 Å². The summed E-state index contributed by atoms with van der Waals surface area (Å²) in [5.41, 5.74) is 15.9. The number of nitrogen functional groups attached to an aromatic ring is 1. The van der Waals surface area contributed by atoms with Crippen molar-refractivity contribution in [2.75, 3.05) is 12.3 Å². The summed E-state index contributed by atoms with van der Waals surface area (Å²) in [5.74, 6) is -0.821. The molecule has 0 amide bonds. The first-order valence-corrected chi connectivity index (χ1v) is 8.58. The summed E-state index contributed by atoms with van der Waals surface area (Å²) in [6.45, 7) is 6.13. The molecule has 0 saturated heterocycles. The van der Waals surface area contributed by atoms with Gasteiger partial charge in [-0.2, -0.15) is 4.57 Å². The fourth-order valence-electron chi connectivity index (χ4n) is 1.77. The number of nitrogens with one attached hydrogen (secondary N) is 1. The number of aliphatic carboxylic acids is 2. The minimum atomic E-state index is -1.20. The molecule has 2 aromatic heterocycles. The van der Waals surface area contributed by atoms with Gasteiger partial charge in [0.15, 0.2) is 12.2 Å². The molecule has 0 aliphatic heterocycles. The number of carboxylic acids is 2. The van der Waals surface area contributed by atoms with Crippen molar-refractivity contribution in [3.63, 3.8) is 0 Å². The van der Waals surface area contributed by atoms with Gasteiger partial charge >= 0.3 is 0 Å². The molecule has 0 bridgehead atoms. The number of nitrogens with two attached hydrogens (primary N) is 1. The van der Waals surface area contributed by atoms with E-state index < -0.39 is 11.9 Å². The molecule has 0 saturated carbocycles. The molecule has 0 aromatic carbocycles. The minimum absolute atomic E-state index is 0. The number of aromatic nitrogens is 3. The smallest absolute Gasteiger partial charge is 0.300 e. The maximum atomic E-state index is 9.12. The van der Waals surface area contributed by atoms with Crippen molar-refractivity contribution in [2.45, 2.75) is 33.7 Å². The first-order chi connectivity index (χ1) is 12.6. The van der Waals surface area contributed by atoms with Gasteiger partial charge in [-0.1, -0.05) is 11.3 Å². The average molecular weight is 464 g/mol. The topological polar surface area (TPSA) is 174 Å². The molecule has 0 fully saturated rings. The van der Waals surface area contributed by atoms with E-state index in [9.17, 15) is 0 Å². The number of thiazole rings is 1. The number of hydrogen-bond donors (Lipinski definition) is 4. The first kappa shape index (κ1) is 28.2. The summed E-state index contributed by atoms with van der Waals surface area (Å²) in [6, 6.07) is 0. The van der Waals surface area contributed by atoms with Gasteiger partial charge in [-0.3, -0.25) is 9.59 Å². The molecule has 0 spiro atoms. The van der Waals surface area contributed by atoms with Crippen molar-refractivity contribution >= 4 is 29.1 Å². The Morgan fingerprint density at radius 2 is 1.89 bits per heavy atom. The third-order valence-corrected chi connectivity index (χ3v) is 4.12. The van der Waals surface area contributed by atoms with Gasteiger partial charge in [0.2, 0.25) is 5.51 Å². The predicted octanol–water partition coefficient (Wildman–Crippen LogP) is 0.981. The van der Waals surface area contributed by atoms with Crippen LogP contribution in [0.2, 0.25) is 0 Å². The van der Waals surface area contributed by atoms with Crippen LogP contribution in [0.4, 0.5) is 5.82 Å². The van der Waals surface area contributed by atoms with E-state index in [1.54, 1.807) is 17.5 Å². The van der Waals surface area contributed by atoms with E-state index in [4.69, 9.17) is 36.4 Å². The van der Waals surface area contributed by atoms with E-state index in [1.807, 2.05) is 19.4 Å². The Labute approximate surface area is 180 Å². The zero-order valence-electron chi connectivity index (χ0n) is 16.0. The van der Waals surface area contributed by atoms with Crippen LogP contribution in [0.3, 0.4) is 0 Å². The molecule has 6 N–H and O–H groups in total. The van der Waals surface area contributed by atoms with Gasteiger partial charge in [0.1, 0.15) is 11.6 Å². The number of rotatable bonds is 5. The Balaban J connectivity index is 0. The van der Waals surface area contributed by atoms with E-state index in [2.05, 4.69) is 14.5 Å². The largest absolute Gasteiger partial charge is 0.666 e. The second-order valence-corrected chi connectivity index (χ2v) is 6.10. The predicted molar refractivity (Wildman–Crippen MR) is 99.9 cm³/mol. The molecule has 2 heterocycles. The van der Waals surface area contributed by atoms with Crippen LogP contribution in [0.5, 0.6) is 0 Å². The van der Waals surface area contributed by atoms with Crippen molar-refractivity contribution in [1.82, 2.24) is 9.97 Å². The van der Waals surface area contributed by atoms with Crippen LogP contribution in [0.1, 0.15) is 28.9 Å². The van der Waals surface area contributed by atoms with E-state index in [0.29, 0.717) is 31.2 Å². The third kappa shape index (κ3) is 11.7. The monoisotopic (exact) mass is 462 g/mol. The number of nitrogens with zero attached hydrogens (tertiary/aromatic N) is 3. The zero-order valence-corrected chi connectivity index (χ0v) is 19.8. The van der Waals surface area contributed by atoms with Crippen LogP contribution in [0, 0.1) is 20.4 Å². The minimum Gasteiger partial charge on any atom is -0.666 e. The van der Waals surface area contributed by atoms with Crippen LogP contribution in [0.25, 0.3) is 5.73 Å². The second kappa shape index (κ2) is 15.0. The number of anilines is 1. The molecule has 10 nitrogen and oxygen atoms in total. The normalized spacial score (nSPS) is 9.18. The van der Waals surface area contributed by atoms with Gasteiger partial charge in [-0.25, -0.2) is 9.97 Å². The summed E-state index contributed by atoms with van der Waals surface area (Å²) >= 11 is 1.65. The molecule has 0 unspecified atom stereocenters. The molecule has 1 radical (unpaired) electrons. The average Bonchev–Trinajstić information content (AvgIpc) is 2.91. The number of hydrogen-bond acceptors (Lipinski definition) is 7. The van der Waals surface area contributed by atoms with Crippen LogP contribution in [-0.4, -0.2) is 43.8 Å². The van der Waals surface area contributed by atoms with Crippen LogP contribution >= 0.6 is 11.3 Å². The second-order valence-electron chi connectivity index (χ2n) is 5.16. The van der Waals surface area contributed by atoms with Gasteiger partial charge in [0, 0.05) is 52.5 Å². The Kier molecular flexibility index (Phi) is 15.1. The van der Waals surface area contributed by atoms with E-state index >= 15 is 0 Å². The molecular weight excluding hydrogens is 440 g/mol. The molecule has 0 aliphatic rings. The van der Waals surface area contributed by atoms with Crippen molar-refractivity contribution in [3.8, 4) is 0 Å². The van der Waals surface area contributed by atoms with Gasteiger partial charge in [-0.05, 0) is 13.5 Å². The maximum Gasteiger partial charge on any atom is 0.300 e. The number of carboxylic acid groups (broad SMARTS) is 2. The zero-order chi connectivity index (χ0) is 21.0. The number of aliphatic hydroxyl groups is 1. The van der Waals surface area contributed by atoms with E-state index in [0.717, 1.165) is 18.2 Å². The number of aliphatic hydroxyl groups excluding tert-OH is 1. The molecule has 151 valence electrons. The van der Waals surface area contributed by atoms with Gasteiger partial charge < -0.3 is 26.8 Å². The molecule has 28 heavy (non-hydrogen) atoms. The SMILES string of the molecule is CC(=O)O.Cc1ncc(C[n+]2csc(CCO)c2C)c(N)n1.[NH-][CH]C(=O)O.[Zn]. The molecule has 0 atom stereocenters. The summed E-state index contributed by atoms with van der Waals surface area (Å²) < 4.78 is 2.11. The first-order valence-electron chi connectivity index (χ1n) is 7.70. The van der Waals surface area contributed by atoms with Crippen LogP contribution in [-0.2, 0) is 42.0 Å². The Morgan fingerprint density at radius 3 is 2.32 bits per heavy atom. The Hall–Kier alpha value is -2.01. The summed E-state index contributed by atoms with van der Waals surface area (Å²) in [6.07, 6.45) is 2.47. The molecule has 12 heteroatoms. The Morgan fingerprint density at radius 1 is 1.36 bits per heavy atom. The van der Waals surface area contributed by atoms with Gasteiger partial charge in [0.25, 0.3) is 11.9 Å². The summed E-state index contributed by atoms with van der Waals surface area (Å²) in [5, 5.41) is 23.9. The van der Waals surface area contributed by atoms with Crippen LogP contribution in [0.15, 0.2) is 11.7 Å². The number of aryl methyl sites for hydroxylation is 1. The van der Waals surface area contributed by atoms with E-state index in [-0.39, 0.29) is 26.1 Å². The molecule has 0 aliphatic carbocycles. The van der Waals surface area contributed by atoms with Gasteiger partial charge in [-0.15, -0.1) is 0 Å².